The van der Waals surface area contributed by atoms with Gasteiger partial charge in [0.05, 0.1) is 18.1 Å². The van der Waals surface area contributed by atoms with E-state index < -0.39 is 15.8 Å². The fourth-order valence-electron chi connectivity index (χ4n) is 1.33. The van der Waals surface area contributed by atoms with Crippen LogP contribution in [0.3, 0.4) is 0 Å². The van der Waals surface area contributed by atoms with E-state index in [-0.39, 0.29) is 18.1 Å². The second kappa shape index (κ2) is 5.43. The van der Waals surface area contributed by atoms with Crippen molar-refractivity contribution in [2.24, 2.45) is 0 Å². The lowest BCUT2D eigenvalue weighted by Gasteiger charge is -2.25. The van der Waals surface area contributed by atoms with Gasteiger partial charge in [-0.15, -0.1) is 0 Å². The van der Waals surface area contributed by atoms with Crippen LogP contribution in [0.4, 0.5) is 0 Å². The van der Waals surface area contributed by atoms with Crippen LogP contribution in [-0.4, -0.2) is 68.7 Å². The molecule has 1 heterocycles. The van der Waals surface area contributed by atoms with Crippen molar-refractivity contribution >= 4 is 15.8 Å². The van der Waals surface area contributed by atoms with Crippen LogP contribution in [0.1, 0.15) is 0 Å². The maximum absolute atomic E-state index is 11.1. The number of hydrogen-bond donors (Lipinski definition) is 1. The van der Waals surface area contributed by atoms with Crippen LogP contribution in [0.25, 0.3) is 0 Å². The zero-order chi connectivity index (χ0) is 11.3. The molecule has 15 heavy (non-hydrogen) atoms. The van der Waals surface area contributed by atoms with E-state index in [2.05, 4.69) is 0 Å². The number of sulfone groups is 1. The molecule has 88 valence electrons. The number of carboxylic acid groups (broad SMARTS) is 1. The normalized spacial score (nSPS) is 21.3. The number of aliphatic carboxylic acids is 1. The smallest absolute Gasteiger partial charge is 0.329 e. The van der Waals surface area contributed by atoms with Gasteiger partial charge in [-0.3, -0.25) is 4.90 Å². The Hall–Kier alpha value is -0.660. The van der Waals surface area contributed by atoms with E-state index in [4.69, 9.17) is 9.84 Å². The molecule has 1 N–H and O–H groups in total. The van der Waals surface area contributed by atoms with Gasteiger partial charge >= 0.3 is 5.97 Å². The van der Waals surface area contributed by atoms with Gasteiger partial charge in [0, 0.05) is 19.6 Å². The number of rotatable bonds is 5. The predicted molar refractivity (Wildman–Crippen MR) is 53.5 cm³/mol. The zero-order valence-corrected chi connectivity index (χ0v) is 9.20. The molecule has 7 heteroatoms. The van der Waals surface area contributed by atoms with Gasteiger partial charge in [0.2, 0.25) is 0 Å². The average Bonchev–Trinajstić information content (AvgIpc) is 2.14. The molecule has 1 aliphatic heterocycles. The summed E-state index contributed by atoms with van der Waals surface area (Å²) < 4.78 is 27.0. The summed E-state index contributed by atoms with van der Waals surface area (Å²) in [6, 6.07) is 0. The van der Waals surface area contributed by atoms with Crippen molar-refractivity contribution in [3.8, 4) is 0 Å². The van der Waals surface area contributed by atoms with Crippen LogP contribution >= 0.6 is 0 Å². The molecule has 0 unspecified atom stereocenters. The summed E-state index contributed by atoms with van der Waals surface area (Å²) in [6.45, 7) is 1.64. The molecule has 1 aliphatic rings. The summed E-state index contributed by atoms with van der Waals surface area (Å²) in [6.07, 6.45) is 0. The van der Waals surface area contributed by atoms with Gasteiger partial charge in [-0.2, -0.15) is 0 Å². The molecular weight excluding hydrogens is 222 g/mol. The fraction of sp³-hybridized carbons (Fsp3) is 0.875. The van der Waals surface area contributed by atoms with Gasteiger partial charge in [-0.25, -0.2) is 13.2 Å². The molecule has 1 saturated heterocycles. The summed E-state index contributed by atoms with van der Waals surface area (Å²) >= 11 is 0. The van der Waals surface area contributed by atoms with E-state index in [1.165, 1.54) is 0 Å². The molecule has 6 nitrogen and oxygen atoms in total. The molecule has 0 saturated carbocycles. The van der Waals surface area contributed by atoms with Crippen LogP contribution < -0.4 is 0 Å². The Morgan fingerprint density at radius 1 is 1.33 bits per heavy atom. The zero-order valence-electron chi connectivity index (χ0n) is 8.39. The second-order valence-electron chi connectivity index (χ2n) is 3.44. The number of nitrogens with zero attached hydrogens (tertiary/aromatic N) is 1. The van der Waals surface area contributed by atoms with E-state index in [0.717, 1.165) is 0 Å². The van der Waals surface area contributed by atoms with Crippen LogP contribution in [0.2, 0.25) is 0 Å². The third-order valence-corrected chi connectivity index (χ3v) is 3.82. The highest BCUT2D eigenvalue weighted by atomic mass is 32.2. The molecule has 0 atom stereocenters. The van der Waals surface area contributed by atoms with Gasteiger partial charge in [0.15, 0.2) is 9.84 Å². The predicted octanol–water partition coefficient (Wildman–Crippen LogP) is -1.18. The van der Waals surface area contributed by atoms with Crippen LogP contribution in [0, 0.1) is 0 Å². The monoisotopic (exact) mass is 237 g/mol. The summed E-state index contributed by atoms with van der Waals surface area (Å²) in [5.41, 5.74) is 0. The molecule has 0 spiro atoms. The van der Waals surface area contributed by atoms with Crippen LogP contribution in [0.15, 0.2) is 0 Å². The van der Waals surface area contributed by atoms with E-state index in [9.17, 15) is 13.2 Å². The van der Waals surface area contributed by atoms with E-state index in [1.54, 1.807) is 0 Å². The number of carbonyl (C=O) groups is 1. The van der Waals surface area contributed by atoms with Gasteiger partial charge < -0.3 is 9.84 Å². The van der Waals surface area contributed by atoms with Crippen molar-refractivity contribution in [1.82, 2.24) is 4.90 Å². The molecule has 0 aromatic rings. The maximum Gasteiger partial charge on any atom is 0.329 e. The van der Waals surface area contributed by atoms with Crippen molar-refractivity contribution in [2.45, 2.75) is 0 Å². The molecule has 0 bridgehead atoms. The van der Waals surface area contributed by atoms with Gasteiger partial charge in [0.1, 0.15) is 6.61 Å². The third kappa shape index (κ3) is 5.10. The van der Waals surface area contributed by atoms with Crippen molar-refractivity contribution in [3.05, 3.63) is 0 Å². The van der Waals surface area contributed by atoms with Crippen LogP contribution in [0.5, 0.6) is 0 Å². The van der Waals surface area contributed by atoms with Crippen molar-refractivity contribution in [3.63, 3.8) is 0 Å². The standard InChI is InChI=1S/C8H15NO5S/c10-8(11)7-14-4-1-9-2-5-15(12,13)6-3-9/h1-7H2,(H,10,11). The lowest BCUT2D eigenvalue weighted by molar-refractivity contribution is -0.142. The Kier molecular flexibility index (Phi) is 4.49. The molecule has 0 aromatic heterocycles. The van der Waals surface area contributed by atoms with Crippen molar-refractivity contribution in [1.29, 1.82) is 0 Å². The number of ether oxygens (including phenoxy) is 1. The molecular formula is C8H15NO5S. The molecule has 1 rings (SSSR count). The number of carboxylic acids is 1. The minimum absolute atomic E-state index is 0.186. The summed E-state index contributed by atoms with van der Waals surface area (Å²) in [5, 5.41) is 8.30. The third-order valence-electron chi connectivity index (χ3n) is 2.21. The van der Waals surface area contributed by atoms with Gasteiger partial charge in [-0.1, -0.05) is 0 Å². The van der Waals surface area contributed by atoms with Crippen molar-refractivity contribution in [2.75, 3.05) is 44.4 Å². The summed E-state index contributed by atoms with van der Waals surface area (Å²) in [5.74, 6) is -0.617. The number of hydrogen-bond acceptors (Lipinski definition) is 5. The second-order valence-corrected chi connectivity index (χ2v) is 5.74. The molecule has 0 radical (unpaired) electrons. The SMILES string of the molecule is O=C(O)COCCN1CCS(=O)(=O)CC1. The minimum atomic E-state index is -2.84. The maximum atomic E-state index is 11.1. The van der Waals surface area contributed by atoms with Crippen molar-refractivity contribution < 1.29 is 23.1 Å². The minimum Gasteiger partial charge on any atom is -0.480 e. The van der Waals surface area contributed by atoms with E-state index in [0.29, 0.717) is 26.2 Å². The first-order valence-corrected chi connectivity index (χ1v) is 6.54. The first-order valence-electron chi connectivity index (χ1n) is 4.72. The molecule has 0 amide bonds. The highest BCUT2D eigenvalue weighted by molar-refractivity contribution is 7.91. The topological polar surface area (TPSA) is 83.9 Å². The van der Waals surface area contributed by atoms with Gasteiger partial charge in [0.25, 0.3) is 0 Å². The Bertz CT molecular complexity index is 299. The van der Waals surface area contributed by atoms with E-state index in [1.807, 2.05) is 4.90 Å². The Balaban J connectivity index is 2.11. The quantitative estimate of drug-likeness (QED) is 0.606. The summed E-state index contributed by atoms with van der Waals surface area (Å²) in [4.78, 5) is 12.1. The highest BCUT2D eigenvalue weighted by Crippen LogP contribution is 2.02. The average molecular weight is 237 g/mol. The van der Waals surface area contributed by atoms with Gasteiger partial charge in [-0.05, 0) is 0 Å². The fourth-order valence-corrected chi connectivity index (χ4v) is 2.60. The van der Waals surface area contributed by atoms with Crippen LogP contribution in [-0.2, 0) is 19.4 Å². The lowest BCUT2D eigenvalue weighted by atomic mass is 10.5. The van der Waals surface area contributed by atoms with E-state index >= 15 is 0 Å². The Labute approximate surface area is 88.7 Å². The Morgan fingerprint density at radius 2 is 1.93 bits per heavy atom. The largest absolute Gasteiger partial charge is 0.480 e. The Morgan fingerprint density at radius 3 is 2.47 bits per heavy atom. The summed E-state index contributed by atoms with van der Waals surface area (Å²) in [7, 11) is -2.84. The molecule has 0 aromatic carbocycles. The highest BCUT2D eigenvalue weighted by Gasteiger charge is 2.20. The first kappa shape index (κ1) is 12.4. The molecule has 1 fully saturated rings. The first-order chi connectivity index (χ1) is 6.99. The molecule has 0 aliphatic carbocycles. The lowest BCUT2D eigenvalue weighted by Crippen LogP contribution is -2.41.